The minimum absolute atomic E-state index is 0.181. The van der Waals surface area contributed by atoms with E-state index < -0.39 is 0 Å². The molecule has 0 aliphatic heterocycles. The van der Waals surface area contributed by atoms with Crippen LogP contribution in [0.5, 0.6) is 0 Å². The summed E-state index contributed by atoms with van der Waals surface area (Å²) < 4.78 is 1.80. The third-order valence-corrected chi connectivity index (χ3v) is 10.8. The lowest BCUT2D eigenvalue weighted by Gasteiger charge is -2.51. The predicted molar refractivity (Wildman–Crippen MR) is 199 cm³/mol. The molecular weight excluding hydrogens is 584 g/mol. The third kappa shape index (κ3) is 18.2. The van der Waals surface area contributed by atoms with Crippen molar-refractivity contribution in [2.45, 2.75) is 129 Å². The Morgan fingerprint density at radius 1 is 0.702 bits per heavy atom. The van der Waals surface area contributed by atoms with E-state index in [0.717, 1.165) is 35.1 Å². The van der Waals surface area contributed by atoms with Crippen LogP contribution in [0.1, 0.15) is 129 Å². The Labute approximate surface area is 292 Å². The van der Waals surface area contributed by atoms with E-state index in [0.29, 0.717) is 43.5 Å². The standard InChI is InChI=1S/C41H80N2O4/c1-9-10-11-21-26-39-37(2)28-30-41(29-23-18-17-20-25-38(41)36-47-46-35-32-43(6,7)8)40(39)27-22-16-14-12-13-15-19-24-33-44-45-34-31-42(3,4)5/h22,27-28,30,37-40H,9-21,23-26,29,31-36H2,1-8H3/q+2/b27-22-/t37?,38?,39?,40?,41-/m1/s1. The lowest BCUT2D eigenvalue weighted by Crippen LogP contribution is -2.46. The monoisotopic (exact) mass is 665 g/mol. The van der Waals surface area contributed by atoms with Crippen LogP contribution in [0.25, 0.3) is 0 Å². The largest absolute Gasteiger partial charge is 0.329 e. The molecule has 0 aromatic heterocycles. The van der Waals surface area contributed by atoms with Crippen LogP contribution in [0.4, 0.5) is 0 Å². The molecule has 0 bridgehead atoms. The van der Waals surface area contributed by atoms with E-state index in [2.05, 4.69) is 80.4 Å². The number of hydrogen-bond donors (Lipinski definition) is 0. The quantitative estimate of drug-likeness (QED) is 0.0320. The van der Waals surface area contributed by atoms with Crippen molar-refractivity contribution in [3.05, 3.63) is 24.3 Å². The molecule has 1 spiro atoms. The highest BCUT2D eigenvalue weighted by atomic mass is 17.2. The summed E-state index contributed by atoms with van der Waals surface area (Å²) in [6, 6.07) is 0. The maximum atomic E-state index is 6.07. The molecule has 0 heterocycles. The first-order valence-corrected chi connectivity index (χ1v) is 19.9. The molecule has 2 aliphatic rings. The Balaban J connectivity index is 1.95. The van der Waals surface area contributed by atoms with Gasteiger partial charge in [-0.3, -0.25) is 0 Å². The number of nitrogens with zero attached hydrogens (tertiary/aromatic N) is 2. The molecule has 276 valence electrons. The molecule has 5 atom stereocenters. The third-order valence-electron chi connectivity index (χ3n) is 10.8. The second-order valence-corrected chi connectivity index (χ2v) is 17.1. The summed E-state index contributed by atoms with van der Waals surface area (Å²) in [5, 5.41) is 0. The van der Waals surface area contributed by atoms with Crippen molar-refractivity contribution >= 4 is 0 Å². The van der Waals surface area contributed by atoms with Gasteiger partial charge in [0.15, 0.2) is 0 Å². The van der Waals surface area contributed by atoms with E-state index in [-0.39, 0.29) is 5.41 Å². The van der Waals surface area contributed by atoms with Crippen LogP contribution in [-0.2, 0) is 19.6 Å². The molecule has 6 nitrogen and oxygen atoms in total. The first-order valence-electron chi connectivity index (χ1n) is 19.9. The molecule has 6 heteroatoms. The summed E-state index contributed by atoms with van der Waals surface area (Å²) in [5.74, 6) is 2.45. The van der Waals surface area contributed by atoms with Gasteiger partial charge in [-0.1, -0.05) is 115 Å². The second kappa shape index (κ2) is 23.6. The SMILES string of the molecule is CCCCCCC1C(C)C=C[C@@]2(CCCCCCC2COOCC[N+](C)(C)C)C1/C=C\CCCCCCCCOOCC[N+](C)(C)C. The number of unbranched alkanes of at least 4 members (excludes halogenated alkanes) is 9. The molecule has 2 aliphatic carbocycles. The number of rotatable bonds is 25. The Morgan fingerprint density at radius 2 is 1.32 bits per heavy atom. The molecular formula is C41H80N2O4+2. The number of hydrogen-bond acceptors (Lipinski definition) is 4. The second-order valence-electron chi connectivity index (χ2n) is 17.1. The lowest BCUT2D eigenvalue weighted by molar-refractivity contribution is -0.871. The molecule has 0 N–H and O–H groups in total. The van der Waals surface area contributed by atoms with E-state index >= 15 is 0 Å². The van der Waals surface area contributed by atoms with Crippen molar-refractivity contribution in [2.24, 2.45) is 29.1 Å². The number of allylic oxidation sites excluding steroid dienone is 4. The van der Waals surface area contributed by atoms with Gasteiger partial charge in [0.1, 0.15) is 26.3 Å². The van der Waals surface area contributed by atoms with Crippen LogP contribution in [0.15, 0.2) is 24.3 Å². The van der Waals surface area contributed by atoms with Crippen molar-refractivity contribution in [2.75, 3.05) is 81.8 Å². The zero-order valence-corrected chi connectivity index (χ0v) is 32.6. The Morgan fingerprint density at radius 3 is 2.02 bits per heavy atom. The molecule has 47 heavy (non-hydrogen) atoms. The maximum Gasteiger partial charge on any atom is 0.131 e. The van der Waals surface area contributed by atoms with Gasteiger partial charge < -0.3 is 8.97 Å². The molecule has 0 aromatic rings. The molecule has 1 fully saturated rings. The van der Waals surface area contributed by atoms with Gasteiger partial charge in [0.2, 0.25) is 0 Å². The first-order chi connectivity index (χ1) is 22.5. The van der Waals surface area contributed by atoms with Crippen LogP contribution in [0.3, 0.4) is 0 Å². The summed E-state index contributed by atoms with van der Waals surface area (Å²) in [6.07, 6.45) is 33.9. The zero-order chi connectivity index (χ0) is 34.4. The average molecular weight is 665 g/mol. The first kappa shape index (κ1) is 42.4. The minimum atomic E-state index is 0.181. The fourth-order valence-corrected chi connectivity index (χ4v) is 7.73. The van der Waals surface area contributed by atoms with Crippen molar-refractivity contribution in [3.63, 3.8) is 0 Å². The fourth-order valence-electron chi connectivity index (χ4n) is 7.73. The molecule has 0 amide bonds. The summed E-state index contributed by atoms with van der Waals surface area (Å²) in [5.41, 5.74) is 0.181. The molecule has 2 rings (SSSR count). The predicted octanol–water partition coefficient (Wildman–Crippen LogP) is 9.95. The summed E-state index contributed by atoms with van der Waals surface area (Å²) in [4.78, 5) is 22.6. The maximum absolute atomic E-state index is 6.07. The van der Waals surface area contributed by atoms with Crippen LogP contribution in [-0.4, -0.2) is 90.8 Å². The summed E-state index contributed by atoms with van der Waals surface area (Å²) in [6.45, 7) is 9.48. The molecule has 1 saturated carbocycles. The van der Waals surface area contributed by atoms with Crippen LogP contribution < -0.4 is 0 Å². The van der Waals surface area contributed by atoms with Gasteiger partial charge in [-0.25, -0.2) is 19.6 Å². The van der Waals surface area contributed by atoms with E-state index in [4.69, 9.17) is 19.6 Å². The normalized spacial score (nSPS) is 25.9. The van der Waals surface area contributed by atoms with Gasteiger partial charge in [-0.15, -0.1) is 0 Å². The van der Waals surface area contributed by atoms with Gasteiger partial charge in [-0.05, 0) is 67.6 Å². The van der Waals surface area contributed by atoms with Crippen LogP contribution >= 0.6 is 0 Å². The number of quaternary nitrogens is 2. The van der Waals surface area contributed by atoms with Gasteiger partial charge in [0, 0.05) is 0 Å². The van der Waals surface area contributed by atoms with Crippen molar-refractivity contribution in [1.82, 2.24) is 0 Å². The van der Waals surface area contributed by atoms with Crippen molar-refractivity contribution < 1.29 is 28.5 Å². The molecule has 0 aromatic carbocycles. The van der Waals surface area contributed by atoms with Gasteiger partial charge >= 0.3 is 0 Å². The summed E-state index contributed by atoms with van der Waals surface area (Å²) >= 11 is 0. The van der Waals surface area contributed by atoms with Crippen LogP contribution in [0, 0.1) is 29.1 Å². The van der Waals surface area contributed by atoms with Crippen molar-refractivity contribution in [1.29, 1.82) is 0 Å². The topological polar surface area (TPSA) is 36.9 Å². The van der Waals surface area contributed by atoms with E-state index in [9.17, 15) is 0 Å². The molecule has 0 radical (unpaired) electrons. The molecule has 4 unspecified atom stereocenters. The average Bonchev–Trinajstić information content (AvgIpc) is 2.99. The Hall–Kier alpha value is -0.760. The summed E-state index contributed by atoms with van der Waals surface area (Å²) in [7, 11) is 13.1. The highest BCUT2D eigenvalue weighted by Gasteiger charge is 2.48. The van der Waals surface area contributed by atoms with Gasteiger partial charge in [0.25, 0.3) is 0 Å². The van der Waals surface area contributed by atoms with E-state index in [1.807, 2.05) is 0 Å². The minimum Gasteiger partial charge on any atom is -0.329 e. The highest BCUT2D eigenvalue weighted by Crippen LogP contribution is 2.55. The lowest BCUT2D eigenvalue weighted by atomic mass is 9.53. The Kier molecular flexibility index (Phi) is 21.3. The fraction of sp³-hybridized carbons (Fsp3) is 0.902. The highest BCUT2D eigenvalue weighted by molar-refractivity contribution is 5.19. The van der Waals surface area contributed by atoms with Crippen LogP contribution in [0.2, 0.25) is 0 Å². The van der Waals surface area contributed by atoms with Gasteiger partial charge in [0.05, 0.1) is 55.5 Å². The molecule has 0 saturated heterocycles. The van der Waals surface area contributed by atoms with Gasteiger partial charge in [-0.2, -0.15) is 0 Å². The zero-order valence-electron chi connectivity index (χ0n) is 32.6. The van der Waals surface area contributed by atoms with E-state index in [1.165, 1.54) is 109 Å². The Bertz CT molecular complexity index is 832. The van der Waals surface area contributed by atoms with E-state index in [1.54, 1.807) is 0 Å². The number of likely N-dealkylation sites (N-methyl/N-ethyl adjacent to an activating group) is 2. The smallest absolute Gasteiger partial charge is 0.131 e. The van der Waals surface area contributed by atoms with Crippen molar-refractivity contribution in [3.8, 4) is 0 Å².